The first-order valence-electron chi connectivity index (χ1n) is 11.9. The van der Waals surface area contributed by atoms with Gasteiger partial charge in [0, 0.05) is 6.04 Å². The Kier molecular flexibility index (Phi) is 6.23. The van der Waals surface area contributed by atoms with Crippen molar-refractivity contribution in [1.82, 2.24) is 4.90 Å². The third-order valence-electron chi connectivity index (χ3n) is 7.67. The van der Waals surface area contributed by atoms with Gasteiger partial charge in [-0.15, -0.1) is 0 Å². The molecule has 33 heavy (non-hydrogen) atoms. The molecule has 2 fully saturated rings. The van der Waals surface area contributed by atoms with E-state index in [0.29, 0.717) is 6.42 Å². The molecule has 0 unspecified atom stereocenters. The van der Waals surface area contributed by atoms with Crippen LogP contribution in [0.15, 0.2) is 54.6 Å². The summed E-state index contributed by atoms with van der Waals surface area (Å²) in [4.78, 5) is 28.3. The average molecular weight is 450 g/mol. The molecule has 2 aliphatic rings. The van der Waals surface area contributed by atoms with Crippen LogP contribution in [-0.4, -0.2) is 40.1 Å². The molecule has 2 aromatic rings. The maximum Gasteiger partial charge on any atom is 0.261 e. The molecule has 2 bridgehead atoms. The van der Waals surface area contributed by atoms with Crippen molar-refractivity contribution in [3.8, 4) is 0 Å². The monoisotopic (exact) mass is 449 g/mol. The molecule has 5 heteroatoms. The van der Waals surface area contributed by atoms with Crippen LogP contribution in [-0.2, 0) is 20.9 Å². The Bertz CT molecular complexity index is 1090. The highest BCUT2D eigenvalue weighted by molar-refractivity contribution is 6.03. The van der Waals surface area contributed by atoms with E-state index in [0.717, 1.165) is 22.8 Å². The number of allylic oxidation sites excluding steroid dienone is 1. The van der Waals surface area contributed by atoms with Crippen LogP contribution in [0.25, 0.3) is 10.8 Å². The summed E-state index contributed by atoms with van der Waals surface area (Å²) in [6, 6.07) is 13.9. The second-order valence-corrected chi connectivity index (χ2v) is 10.8. The van der Waals surface area contributed by atoms with Crippen LogP contribution < -0.4 is 0 Å². The summed E-state index contributed by atoms with van der Waals surface area (Å²) in [6.07, 6.45) is 2.63. The number of aliphatic hydroxyl groups is 1. The fraction of sp³-hybridized carbons (Fsp3) is 0.500. The number of carbonyl (C=O) groups excluding carboxylic acids is 2. The quantitative estimate of drug-likeness (QED) is 0.613. The minimum absolute atomic E-state index is 0.141. The summed E-state index contributed by atoms with van der Waals surface area (Å²) in [5, 5.41) is 13.1. The van der Waals surface area contributed by atoms with E-state index in [1.54, 1.807) is 6.08 Å². The van der Waals surface area contributed by atoms with Gasteiger partial charge in [0.05, 0.1) is 12.0 Å². The molecule has 2 aromatic carbocycles. The van der Waals surface area contributed by atoms with E-state index in [2.05, 4.69) is 13.8 Å². The Morgan fingerprint density at radius 1 is 1.12 bits per heavy atom. The normalized spacial score (nSPS) is 26.0. The number of hydrogen-bond acceptors (Lipinski definition) is 4. The lowest BCUT2D eigenvalue weighted by molar-refractivity contribution is -0.165. The summed E-state index contributed by atoms with van der Waals surface area (Å²) >= 11 is 0. The van der Waals surface area contributed by atoms with Crippen LogP contribution in [0.1, 0.15) is 53.0 Å². The first-order chi connectivity index (χ1) is 15.5. The Balaban J connectivity index is 1.57. The van der Waals surface area contributed by atoms with E-state index in [1.807, 2.05) is 69.3 Å². The Morgan fingerprint density at radius 2 is 1.82 bits per heavy atom. The standard InChI is InChI=1S/C28H35NO4/c1-18(2)10-13-23(30)24(33-17-19-11-12-20-8-6-7-9-21(20)14-19)25(31)29-22-15-27(3,4)28(5,16-22)26(29)32/h6-14,18,22-24,30H,15-17H2,1-5H3/b13-10+/t22-,23+,24-,28+/m0/s1. The number of amides is 2. The number of hydrogen-bond donors (Lipinski definition) is 1. The van der Waals surface area contributed by atoms with Gasteiger partial charge in [0.2, 0.25) is 5.91 Å². The maximum absolute atomic E-state index is 13.6. The zero-order chi connectivity index (χ0) is 24.0. The van der Waals surface area contributed by atoms with Crippen molar-refractivity contribution in [2.24, 2.45) is 16.7 Å². The van der Waals surface area contributed by atoms with Crippen molar-refractivity contribution in [3.05, 3.63) is 60.2 Å². The molecular weight excluding hydrogens is 414 g/mol. The molecule has 1 aliphatic heterocycles. The van der Waals surface area contributed by atoms with Gasteiger partial charge >= 0.3 is 0 Å². The number of benzene rings is 2. The number of likely N-dealkylation sites (tertiary alicyclic amines) is 1. The van der Waals surface area contributed by atoms with Crippen LogP contribution in [0, 0.1) is 16.7 Å². The molecular formula is C28H35NO4. The van der Waals surface area contributed by atoms with Crippen LogP contribution in [0.2, 0.25) is 0 Å². The predicted molar refractivity (Wildman–Crippen MR) is 129 cm³/mol. The number of ether oxygens (including phenoxy) is 1. The minimum Gasteiger partial charge on any atom is -0.386 e. The molecule has 1 heterocycles. The number of aliphatic hydroxyl groups excluding tert-OH is 1. The second-order valence-electron chi connectivity index (χ2n) is 10.8. The van der Waals surface area contributed by atoms with Crippen molar-refractivity contribution in [3.63, 3.8) is 0 Å². The van der Waals surface area contributed by atoms with Gasteiger partial charge in [-0.2, -0.15) is 0 Å². The largest absolute Gasteiger partial charge is 0.386 e. The first-order valence-corrected chi connectivity index (χ1v) is 11.9. The van der Waals surface area contributed by atoms with Crippen molar-refractivity contribution in [2.45, 2.75) is 72.3 Å². The summed E-state index contributed by atoms with van der Waals surface area (Å²) in [5.74, 6) is -0.362. The molecule has 0 aromatic heterocycles. The van der Waals surface area contributed by atoms with E-state index in [4.69, 9.17) is 4.74 Å². The molecule has 4 rings (SSSR count). The van der Waals surface area contributed by atoms with Crippen LogP contribution in [0.5, 0.6) is 0 Å². The van der Waals surface area contributed by atoms with Crippen LogP contribution in [0.3, 0.4) is 0 Å². The predicted octanol–water partition coefficient (Wildman–Crippen LogP) is 4.86. The lowest BCUT2D eigenvalue weighted by Crippen LogP contribution is -2.55. The molecule has 5 nitrogen and oxygen atoms in total. The average Bonchev–Trinajstić information content (AvgIpc) is 3.16. The number of nitrogens with zero attached hydrogens (tertiary/aromatic N) is 1. The molecule has 1 saturated heterocycles. The number of fused-ring (bicyclic) bond motifs is 3. The van der Waals surface area contributed by atoms with Gasteiger partial charge in [0.1, 0.15) is 6.10 Å². The summed E-state index contributed by atoms with van der Waals surface area (Å²) in [6.45, 7) is 10.3. The highest BCUT2D eigenvalue weighted by Gasteiger charge is 2.65. The van der Waals surface area contributed by atoms with Gasteiger partial charge in [-0.3, -0.25) is 14.5 Å². The van der Waals surface area contributed by atoms with Crippen molar-refractivity contribution >= 4 is 22.6 Å². The molecule has 1 N–H and O–H groups in total. The minimum atomic E-state index is -1.14. The van der Waals surface area contributed by atoms with Gasteiger partial charge in [0.15, 0.2) is 6.10 Å². The number of rotatable bonds is 7. The Morgan fingerprint density at radius 3 is 2.45 bits per heavy atom. The van der Waals surface area contributed by atoms with E-state index in [1.165, 1.54) is 4.90 Å². The van der Waals surface area contributed by atoms with Gasteiger partial charge in [0.25, 0.3) is 5.91 Å². The van der Waals surface area contributed by atoms with E-state index < -0.39 is 23.5 Å². The number of imide groups is 1. The highest BCUT2D eigenvalue weighted by atomic mass is 16.5. The fourth-order valence-electron chi connectivity index (χ4n) is 5.31. The molecule has 0 spiro atoms. The van der Waals surface area contributed by atoms with Crippen molar-refractivity contribution in [2.75, 3.05) is 0 Å². The maximum atomic E-state index is 13.6. The van der Waals surface area contributed by atoms with E-state index >= 15 is 0 Å². The SMILES string of the molecule is CC(C)/C=C/[C@@H](O)[C@H](OCc1ccc2ccccc2c1)C(=O)N1C(=O)[C@@]2(C)C[C@@H]1CC2(C)C. The number of piperidine rings is 1. The number of carbonyl (C=O) groups is 2. The smallest absolute Gasteiger partial charge is 0.261 e. The van der Waals surface area contributed by atoms with Crippen LogP contribution in [0.4, 0.5) is 0 Å². The second kappa shape index (κ2) is 8.69. The summed E-state index contributed by atoms with van der Waals surface area (Å²) in [7, 11) is 0. The van der Waals surface area contributed by atoms with Gasteiger partial charge in [-0.05, 0) is 46.6 Å². The Hall–Kier alpha value is -2.50. The van der Waals surface area contributed by atoms with E-state index in [9.17, 15) is 14.7 Å². The zero-order valence-electron chi connectivity index (χ0n) is 20.2. The topological polar surface area (TPSA) is 66.8 Å². The molecule has 176 valence electrons. The highest BCUT2D eigenvalue weighted by Crippen LogP contribution is 2.59. The van der Waals surface area contributed by atoms with Crippen molar-refractivity contribution in [1.29, 1.82) is 0 Å². The van der Waals surface area contributed by atoms with Crippen LogP contribution >= 0.6 is 0 Å². The lowest BCUT2D eigenvalue weighted by atomic mass is 9.68. The summed E-state index contributed by atoms with van der Waals surface area (Å²) < 4.78 is 6.04. The molecule has 1 aliphatic carbocycles. The van der Waals surface area contributed by atoms with Gasteiger partial charge in [-0.25, -0.2) is 0 Å². The third-order valence-corrected chi connectivity index (χ3v) is 7.67. The summed E-state index contributed by atoms with van der Waals surface area (Å²) in [5.41, 5.74) is 0.201. The third kappa shape index (κ3) is 4.24. The first kappa shape index (κ1) is 23.7. The van der Waals surface area contributed by atoms with Gasteiger partial charge in [-0.1, -0.05) is 83.2 Å². The Labute approximate surface area is 196 Å². The fourth-order valence-corrected chi connectivity index (χ4v) is 5.31. The molecule has 4 atom stereocenters. The molecule has 2 amide bonds. The molecule has 1 saturated carbocycles. The lowest BCUT2D eigenvalue weighted by Gasteiger charge is -2.41. The van der Waals surface area contributed by atoms with E-state index in [-0.39, 0.29) is 29.9 Å². The van der Waals surface area contributed by atoms with Crippen molar-refractivity contribution < 1.29 is 19.4 Å². The zero-order valence-corrected chi connectivity index (χ0v) is 20.2. The van der Waals surface area contributed by atoms with Gasteiger partial charge < -0.3 is 9.84 Å². The molecule has 0 radical (unpaired) electrons.